The van der Waals surface area contributed by atoms with E-state index in [1.807, 2.05) is 28.8 Å². The Bertz CT molecular complexity index is 1310. The number of rotatable bonds is 5. The van der Waals surface area contributed by atoms with E-state index >= 15 is 0 Å². The number of hydrogen-bond donors (Lipinski definition) is 1. The molecule has 0 aliphatic carbocycles. The van der Waals surface area contributed by atoms with Gasteiger partial charge >= 0.3 is 0 Å². The van der Waals surface area contributed by atoms with Crippen molar-refractivity contribution in [2.75, 3.05) is 25.0 Å². The minimum Gasteiger partial charge on any atom is -0.366 e. The van der Waals surface area contributed by atoms with Crippen molar-refractivity contribution in [3.8, 4) is 11.1 Å². The van der Waals surface area contributed by atoms with Crippen molar-refractivity contribution >= 4 is 28.5 Å². The molecule has 2 bridgehead atoms. The zero-order chi connectivity index (χ0) is 22.4. The summed E-state index contributed by atoms with van der Waals surface area (Å²) >= 11 is 6.59. The van der Waals surface area contributed by atoms with Crippen LogP contribution >= 0.6 is 11.6 Å². The molecule has 168 valence electrons. The third-order valence-corrected chi connectivity index (χ3v) is 7.32. The minimum absolute atomic E-state index is 0.232. The minimum atomic E-state index is -0.232. The average molecular weight is 462 g/mol. The highest BCUT2D eigenvalue weighted by Gasteiger charge is 2.34. The standard InChI is InChI=1S/C26H25ClFN5/c27-22-13-29-26(31-24-15-32-8-6-18(24)7-9-32)12-21(22)19-4-5-23-25(11-19)33(16-30-23)14-17-2-1-3-20(28)10-17/h1-5,10-13,16,18,24H,6-9,14-15H2,(H,29,31). The third kappa shape index (κ3) is 4.09. The zero-order valence-electron chi connectivity index (χ0n) is 18.2. The summed E-state index contributed by atoms with van der Waals surface area (Å²) in [7, 11) is 0. The Kier molecular flexibility index (Phi) is 5.27. The number of piperidine rings is 3. The molecule has 3 aliphatic rings. The molecule has 0 saturated carbocycles. The van der Waals surface area contributed by atoms with Crippen LogP contribution in [0.2, 0.25) is 5.02 Å². The molecule has 0 spiro atoms. The molecule has 3 fully saturated rings. The van der Waals surface area contributed by atoms with Gasteiger partial charge < -0.3 is 14.8 Å². The first kappa shape index (κ1) is 20.6. The van der Waals surface area contributed by atoms with Gasteiger partial charge in [-0.15, -0.1) is 0 Å². The monoisotopic (exact) mass is 461 g/mol. The number of halogens is 2. The van der Waals surface area contributed by atoms with Crippen LogP contribution in [0.4, 0.5) is 10.2 Å². The van der Waals surface area contributed by atoms with Gasteiger partial charge in [0, 0.05) is 30.9 Å². The van der Waals surface area contributed by atoms with Crippen LogP contribution in [0.3, 0.4) is 0 Å². The fraction of sp³-hybridized carbons (Fsp3) is 0.308. The van der Waals surface area contributed by atoms with E-state index in [4.69, 9.17) is 11.6 Å². The Morgan fingerprint density at radius 3 is 2.73 bits per heavy atom. The van der Waals surface area contributed by atoms with Gasteiger partial charge in [-0.1, -0.05) is 29.8 Å². The maximum Gasteiger partial charge on any atom is 0.126 e. The summed E-state index contributed by atoms with van der Waals surface area (Å²) in [6, 6.07) is 15.3. The van der Waals surface area contributed by atoms with Gasteiger partial charge in [-0.05, 0) is 73.3 Å². The summed E-state index contributed by atoms with van der Waals surface area (Å²) in [6.45, 7) is 4.06. The van der Waals surface area contributed by atoms with Gasteiger partial charge in [-0.25, -0.2) is 14.4 Å². The van der Waals surface area contributed by atoms with Gasteiger partial charge in [-0.3, -0.25) is 0 Å². The average Bonchev–Trinajstić information content (AvgIpc) is 3.23. The van der Waals surface area contributed by atoms with E-state index in [9.17, 15) is 4.39 Å². The van der Waals surface area contributed by atoms with Crippen molar-refractivity contribution in [2.45, 2.75) is 25.4 Å². The van der Waals surface area contributed by atoms with Gasteiger partial charge in [0.25, 0.3) is 0 Å². The van der Waals surface area contributed by atoms with Crippen molar-refractivity contribution in [1.82, 2.24) is 19.4 Å². The molecule has 4 aromatic rings. The Balaban J connectivity index is 1.30. The van der Waals surface area contributed by atoms with Crippen LogP contribution in [0.5, 0.6) is 0 Å². The Morgan fingerprint density at radius 1 is 1.06 bits per heavy atom. The highest BCUT2D eigenvalue weighted by atomic mass is 35.5. The van der Waals surface area contributed by atoms with Gasteiger partial charge in [-0.2, -0.15) is 0 Å². The first-order chi connectivity index (χ1) is 16.1. The highest BCUT2D eigenvalue weighted by Crippen LogP contribution is 2.34. The van der Waals surface area contributed by atoms with Gasteiger partial charge in [0.05, 0.1) is 22.4 Å². The van der Waals surface area contributed by atoms with Gasteiger partial charge in [0.1, 0.15) is 11.6 Å². The van der Waals surface area contributed by atoms with Crippen molar-refractivity contribution in [3.05, 3.63) is 77.5 Å². The summed E-state index contributed by atoms with van der Waals surface area (Å²) < 4.78 is 15.7. The smallest absolute Gasteiger partial charge is 0.126 e. The molecule has 3 aliphatic heterocycles. The molecule has 7 heteroatoms. The predicted molar refractivity (Wildman–Crippen MR) is 130 cm³/mol. The number of anilines is 1. The third-order valence-electron chi connectivity index (χ3n) is 7.02. The van der Waals surface area contributed by atoms with Gasteiger partial charge in [0.15, 0.2) is 0 Å². The summed E-state index contributed by atoms with van der Waals surface area (Å²) in [5.74, 6) is 1.34. The number of pyridine rings is 1. The quantitative estimate of drug-likeness (QED) is 0.429. The lowest BCUT2D eigenvalue weighted by Gasteiger charge is -2.45. The highest BCUT2D eigenvalue weighted by molar-refractivity contribution is 6.33. The van der Waals surface area contributed by atoms with Crippen LogP contribution in [0.1, 0.15) is 18.4 Å². The first-order valence-electron chi connectivity index (χ1n) is 11.5. The van der Waals surface area contributed by atoms with Crippen molar-refractivity contribution in [3.63, 3.8) is 0 Å². The van der Waals surface area contributed by atoms with E-state index in [0.29, 0.717) is 23.5 Å². The molecular formula is C26H25ClFN5. The Hall–Kier alpha value is -2.96. The number of nitrogens with one attached hydrogen (secondary N) is 1. The van der Waals surface area contributed by atoms with Crippen molar-refractivity contribution < 1.29 is 4.39 Å². The number of imidazole rings is 1. The lowest BCUT2D eigenvalue weighted by Crippen LogP contribution is -2.53. The summed E-state index contributed by atoms with van der Waals surface area (Å²) in [4.78, 5) is 11.6. The maximum atomic E-state index is 13.6. The Morgan fingerprint density at radius 2 is 1.94 bits per heavy atom. The summed E-state index contributed by atoms with van der Waals surface area (Å²) in [5.41, 5.74) is 4.72. The molecule has 7 rings (SSSR count). The van der Waals surface area contributed by atoms with Crippen LogP contribution < -0.4 is 5.32 Å². The SMILES string of the molecule is Fc1cccc(Cn2cnc3ccc(-c4cc(NC5CN6CCC5CC6)ncc4Cl)cc32)c1. The second-order valence-electron chi connectivity index (χ2n) is 9.14. The largest absolute Gasteiger partial charge is 0.366 e. The predicted octanol–water partition coefficient (Wildman–Crippen LogP) is 5.45. The zero-order valence-corrected chi connectivity index (χ0v) is 19.0. The summed E-state index contributed by atoms with van der Waals surface area (Å²) in [6.07, 6.45) is 6.04. The molecule has 0 amide bonds. The Labute approximate surface area is 197 Å². The van der Waals surface area contributed by atoms with E-state index in [1.54, 1.807) is 24.7 Å². The lowest BCUT2D eigenvalue weighted by molar-refractivity contribution is 0.0974. The number of nitrogens with zero attached hydrogens (tertiary/aromatic N) is 4. The molecule has 2 aromatic carbocycles. The molecule has 33 heavy (non-hydrogen) atoms. The van der Waals surface area contributed by atoms with E-state index in [1.165, 1.54) is 32.0 Å². The van der Waals surface area contributed by atoms with E-state index < -0.39 is 0 Å². The van der Waals surface area contributed by atoms with Gasteiger partial charge in [0.2, 0.25) is 0 Å². The molecule has 1 N–H and O–H groups in total. The second-order valence-corrected chi connectivity index (χ2v) is 9.55. The normalized spacial score (nSPS) is 22.1. The molecule has 3 saturated heterocycles. The van der Waals surface area contributed by atoms with Crippen molar-refractivity contribution in [2.24, 2.45) is 5.92 Å². The fourth-order valence-electron chi connectivity index (χ4n) is 5.24. The molecule has 5 heterocycles. The van der Waals surface area contributed by atoms with Crippen LogP contribution in [-0.2, 0) is 6.54 Å². The number of aromatic nitrogens is 3. The van der Waals surface area contributed by atoms with Crippen LogP contribution in [0.15, 0.2) is 61.1 Å². The fourth-order valence-corrected chi connectivity index (χ4v) is 5.45. The van der Waals surface area contributed by atoms with E-state index in [0.717, 1.165) is 40.1 Å². The van der Waals surface area contributed by atoms with E-state index in [2.05, 4.69) is 26.3 Å². The molecule has 1 unspecified atom stereocenters. The number of benzene rings is 2. The van der Waals surface area contributed by atoms with Crippen LogP contribution in [0, 0.1) is 11.7 Å². The van der Waals surface area contributed by atoms with Crippen LogP contribution in [0.25, 0.3) is 22.2 Å². The molecule has 1 atom stereocenters. The molecule has 5 nitrogen and oxygen atoms in total. The molecular weight excluding hydrogens is 437 g/mol. The van der Waals surface area contributed by atoms with E-state index in [-0.39, 0.29) is 5.82 Å². The van der Waals surface area contributed by atoms with Crippen LogP contribution in [-0.4, -0.2) is 45.1 Å². The topological polar surface area (TPSA) is 46.0 Å². The molecule has 0 radical (unpaired) electrons. The number of hydrogen-bond acceptors (Lipinski definition) is 4. The summed E-state index contributed by atoms with van der Waals surface area (Å²) in [5, 5.41) is 4.28. The molecule has 2 aromatic heterocycles. The first-order valence-corrected chi connectivity index (χ1v) is 11.8. The van der Waals surface area contributed by atoms with Crippen molar-refractivity contribution in [1.29, 1.82) is 0 Å². The maximum absolute atomic E-state index is 13.6. The number of fused-ring (bicyclic) bond motifs is 4. The lowest BCUT2D eigenvalue weighted by atomic mass is 9.84. The second kappa shape index (κ2) is 8.43.